The molecular formula is C14H22N2O2. The lowest BCUT2D eigenvalue weighted by molar-refractivity contribution is -0.123. The second kappa shape index (κ2) is 4.90. The second-order valence-corrected chi connectivity index (χ2v) is 6.14. The molecule has 4 nitrogen and oxygen atoms in total. The van der Waals surface area contributed by atoms with Crippen molar-refractivity contribution < 1.29 is 9.59 Å². The van der Waals surface area contributed by atoms with Crippen LogP contribution in [0.4, 0.5) is 0 Å². The molecule has 0 bridgehead atoms. The lowest BCUT2D eigenvalue weighted by Crippen LogP contribution is -2.35. The van der Waals surface area contributed by atoms with Gasteiger partial charge in [0, 0.05) is 25.4 Å². The van der Waals surface area contributed by atoms with E-state index in [-0.39, 0.29) is 17.9 Å². The molecule has 0 aromatic rings. The minimum absolute atomic E-state index is 0.114. The van der Waals surface area contributed by atoms with Crippen molar-refractivity contribution in [3.63, 3.8) is 0 Å². The highest BCUT2D eigenvalue weighted by atomic mass is 16.2. The van der Waals surface area contributed by atoms with Gasteiger partial charge in [-0.25, -0.2) is 0 Å². The van der Waals surface area contributed by atoms with E-state index in [1.54, 1.807) is 0 Å². The Kier molecular flexibility index (Phi) is 3.27. The van der Waals surface area contributed by atoms with E-state index in [4.69, 9.17) is 0 Å². The summed E-state index contributed by atoms with van der Waals surface area (Å²) in [5.74, 6) is 2.77. The van der Waals surface area contributed by atoms with E-state index in [9.17, 15) is 9.59 Å². The first-order valence-corrected chi connectivity index (χ1v) is 7.28. The lowest BCUT2D eigenvalue weighted by atomic mass is 10.1. The van der Waals surface area contributed by atoms with Gasteiger partial charge in [-0.3, -0.25) is 9.59 Å². The number of nitrogens with one attached hydrogen (secondary N) is 2. The zero-order valence-corrected chi connectivity index (χ0v) is 10.8. The highest BCUT2D eigenvalue weighted by Gasteiger charge is 2.47. The Bertz CT molecular complexity index is 352. The summed E-state index contributed by atoms with van der Waals surface area (Å²) in [6.07, 6.45) is 6.95. The minimum Gasteiger partial charge on any atom is -0.356 e. The largest absolute Gasteiger partial charge is 0.356 e. The van der Waals surface area contributed by atoms with Crippen molar-refractivity contribution in [2.24, 2.45) is 17.8 Å². The van der Waals surface area contributed by atoms with Crippen LogP contribution in [0.3, 0.4) is 0 Å². The van der Waals surface area contributed by atoms with Gasteiger partial charge in [0.15, 0.2) is 0 Å². The summed E-state index contributed by atoms with van der Waals surface area (Å²) in [6.45, 7) is 0.692. The van der Waals surface area contributed by atoms with E-state index >= 15 is 0 Å². The van der Waals surface area contributed by atoms with Crippen molar-refractivity contribution in [1.29, 1.82) is 0 Å². The number of amides is 2. The van der Waals surface area contributed by atoms with E-state index < -0.39 is 0 Å². The van der Waals surface area contributed by atoms with Crippen molar-refractivity contribution in [3.8, 4) is 0 Å². The quantitative estimate of drug-likeness (QED) is 0.788. The van der Waals surface area contributed by atoms with Crippen LogP contribution in [0.5, 0.6) is 0 Å². The Labute approximate surface area is 108 Å². The SMILES string of the molecule is O=C1CCC(NC(=O)C[C@@H]2C[C@H]2C2CC2)CCN1. The number of rotatable bonds is 4. The molecule has 100 valence electrons. The molecule has 1 heterocycles. The first kappa shape index (κ1) is 12.0. The van der Waals surface area contributed by atoms with Gasteiger partial charge in [0.1, 0.15) is 0 Å². The first-order valence-electron chi connectivity index (χ1n) is 7.28. The maximum Gasteiger partial charge on any atom is 0.220 e. The van der Waals surface area contributed by atoms with Crippen molar-refractivity contribution in [1.82, 2.24) is 10.6 Å². The van der Waals surface area contributed by atoms with E-state index in [0.717, 1.165) is 24.7 Å². The summed E-state index contributed by atoms with van der Waals surface area (Å²) < 4.78 is 0. The number of hydrogen-bond acceptors (Lipinski definition) is 2. The highest BCUT2D eigenvalue weighted by molar-refractivity contribution is 5.78. The summed E-state index contributed by atoms with van der Waals surface area (Å²) in [5.41, 5.74) is 0. The van der Waals surface area contributed by atoms with Gasteiger partial charge in [-0.2, -0.15) is 0 Å². The van der Waals surface area contributed by atoms with Crippen LogP contribution < -0.4 is 10.6 Å². The van der Waals surface area contributed by atoms with Gasteiger partial charge >= 0.3 is 0 Å². The van der Waals surface area contributed by atoms with Crippen LogP contribution in [-0.2, 0) is 9.59 Å². The van der Waals surface area contributed by atoms with Crippen LogP contribution in [0.2, 0.25) is 0 Å². The Morgan fingerprint density at radius 1 is 1.28 bits per heavy atom. The number of carbonyl (C=O) groups is 2. The highest BCUT2D eigenvalue weighted by Crippen LogP contribution is 2.55. The van der Waals surface area contributed by atoms with Crippen LogP contribution >= 0.6 is 0 Å². The van der Waals surface area contributed by atoms with Gasteiger partial charge in [-0.05, 0) is 49.9 Å². The molecule has 0 aromatic carbocycles. The van der Waals surface area contributed by atoms with Gasteiger partial charge in [0.2, 0.25) is 11.8 Å². The Morgan fingerprint density at radius 2 is 2.11 bits per heavy atom. The zero-order valence-electron chi connectivity index (χ0n) is 10.8. The van der Waals surface area contributed by atoms with Gasteiger partial charge in [-0.15, -0.1) is 0 Å². The third-order valence-electron chi connectivity index (χ3n) is 4.55. The third-order valence-corrected chi connectivity index (χ3v) is 4.55. The summed E-state index contributed by atoms with van der Waals surface area (Å²) in [7, 11) is 0. The minimum atomic E-state index is 0.114. The average Bonchev–Trinajstić information content (AvgIpc) is 3.12. The fourth-order valence-electron chi connectivity index (χ4n) is 3.20. The molecule has 2 aliphatic carbocycles. The standard InChI is InChI=1S/C14H22N2O2/c17-13-4-3-11(5-6-15-13)16-14(18)8-10-7-12(10)9-1-2-9/h9-12H,1-8H2,(H,15,17)(H,16,18)/t10-,11?,12-/m0/s1. The molecule has 3 rings (SSSR count). The van der Waals surface area contributed by atoms with E-state index in [1.165, 1.54) is 19.3 Å². The van der Waals surface area contributed by atoms with Crippen LogP contribution in [0.25, 0.3) is 0 Å². The molecule has 2 N–H and O–H groups in total. The van der Waals surface area contributed by atoms with E-state index in [0.29, 0.717) is 25.3 Å². The summed E-state index contributed by atoms with van der Waals surface area (Å²) in [6, 6.07) is 0.189. The summed E-state index contributed by atoms with van der Waals surface area (Å²) in [5, 5.41) is 5.94. The molecule has 1 unspecified atom stereocenters. The average molecular weight is 250 g/mol. The van der Waals surface area contributed by atoms with Gasteiger partial charge in [0.25, 0.3) is 0 Å². The molecule has 3 fully saturated rings. The maximum atomic E-state index is 11.9. The Balaban J connectivity index is 1.39. The van der Waals surface area contributed by atoms with E-state index in [1.807, 2.05) is 0 Å². The molecular weight excluding hydrogens is 228 g/mol. The second-order valence-electron chi connectivity index (χ2n) is 6.14. The Morgan fingerprint density at radius 3 is 2.89 bits per heavy atom. The van der Waals surface area contributed by atoms with Gasteiger partial charge in [0.05, 0.1) is 0 Å². The predicted molar refractivity (Wildman–Crippen MR) is 67.7 cm³/mol. The summed E-state index contributed by atoms with van der Waals surface area (Å²) >= 11 is 0. The van der Waals surface area contributed by atoms with Crippen molar-refractivity contribution in [3.05, 3.63) is 0 Å². The topological polar surface area (TPSA) is 58.2 Å². The molecule has 4 heteroatoms. The van der Waals surface area contributed by atoms with Crippen LogP contribution in [-0.4, -0.2) is 24.4 Å². The molecule has 3 aliphatic rings. The van der Waals surface area contributed by atoms with Gasteiger partial charge in [-0.1, -0.05) is 0 Å². The third kappa shape index (κ3) is 3.03. The number of carbonyl (C=O) groups excluding carboxylic acids is 2. The fourth-order valence-corrected chi connectivity index (χ4v) is 3.20. The molecule has 0 radical (unpaired) electrons. The first-order chi connectivity index (χ1) is 8.72. The van der Waals surface area contributed by atoms with E-state index in [2.05, 4.69) is 10.6 Å². The lowest BCUT2D eigenvalue weighted by Gasteiger charge is -2.15. The number of hydrogen-bond donors (Lipinski definition) is 2. The van der Waals surface area contributed by atoms with Crippen LogP contribution in [0.1, 0.15) is 44.9 Å². The molecule has 2 amide bonds. The van der Waals surface area contributed by atoms with Gasteiger partial charge < -0.3 is 10.6 Å². The monoisotopic (exact) mass is 250 g/mol. The predicted octanol–water partition coefficient (Wildman–Crippen LogP) is 1.21. The normalized spacial score (nSPS) is 35.6. The molecule has 0 spiro atoms. The van der Waals surface area contributed by atoms with Crippen molar-refractivity contribution in [2.75, 3.05) is 6.54 Å². The molecule has 1 aliphatic heterocycles. The van der Waals surface area contributed by atoms with Crippen molar-refractivity contribution >= 4 is 11.8 Å². The zero-order chi connectivity index (χ0) is 12.5. The molecule has 3 atom stereocenters. The molecule has 18 heavy (non-hydrogen) atoms. The van der Waals surface area contributed by atoms with Crippen molar-refractivity contribution in [2.45, 2.75) is 51.0 Å². The molecule has 2 saturated carbocycles. The maximum absolute atomic E-state index is 11.9. The smallest absolute Gasteiger partial charge is 0.220 e. The van der Waals surface area contributed by atoms with Crippen LogP contribution in [0, 0.1) is 17.8 Å². The molecule has 0 aromatic heterocycles. The van der Waals surface area contributed by atoms with Crippen LogP contribution in [0.15, 0.2) is 0 Å². The molecule has 1 saturated heterocycles. The fraction of sp³-hybridized carbons (Fsp3) is 0.857. The Hall–Kier alpha value is -1.06. The summed E-state index contributed by atoms with van der Waals surface area (Å²) in [4.78, 5) is 23.1.